The van der Waals surface area contributed by atoms with E-state index in [1.807, 2.05) is 11.9 Å². The van der Waals surface area contributed by atoms with Crippen molar-refractivity contribution in [2.75, 3.05) is 26.2 Å². The van der Waals surface area contributed by atoms with E-state index >= 15 is 0 Å². The molecule has 6 nitrogen and oxygen atoms in total. The van der Waals surface area contributed by atoms with E-state index in [1.165, 1.54) is 6.42 Å². The third-order valence-electron chi connectivity index (χ3n) is 6.20. The van der Waals surface area contributed by atoms with Crippen LogP contribution >= 0.6 is 0 Å². The second kappa shape index (κ2) is 6.15. The highest BCUT2D eigenvalue weighted by Gasteiger charge is 2.44. The summed E-state index contributed by atoms with van der Waals surface area (Å²) < 4.78 is 1.79. The van der Waals surface area contributed by atoms with Crippen LogP contribution in [0.25, 0.3) is 0 Å². The van der Waals surface area contributed by atoms with Gasteiger partial charge in [-0.2, -0.15) is 5.10 Å². The van der Waals surface area contributed by atoms with Crippen molar-refractivity contribution in [3.05, 3.63) is 17.0 Å². The molecule has 24 heavy (non-hydrogen) atoms. The standard InChI is InChI=1S/C18H28N4O2/c1-21-16(13-5-2-3-6-14(13)20-21)17(24)22-10-4-8-18(12-22)11-19-9-7-15(18)23/h15,19,23H,2-12H2,1H3/t15-,18-/m0/s1. The first kappa shape index (κ1) is 16.1. The molecule has 0 aromatic carbocycles. The van der Waals surface area contributed by atoms with E-state index in [0.717, 1.165) is 75.1 Å². The summed E-state index contributed by atoms with van der Waals surface area (Å²) in [6.07, 6.45) is 6.70. The van der Waals surface area contributed by atoms with Gasteiger partial charge in [0, 0.05) is 37.7 Å². The molecule has 0 bridgehead atoms. The minimum Gasteiger partial charge on any atom is -0.392 e. The molecule has 2 saturated heterocycles. The summed E-state index contributed by atoms with van der Waals surface area (Å²) in [6.45, 7) is 3.11. The molecular weight excluding hydrogens is 304 g/mol. The van der Waals surface area contributed by atoms with Crippen LogP contribution in [0.3, 0.4) is 0 Å². The number of aromatic nitrogens is 2. The zero-order chi connectivity index (χ0) is 16.7. The third kappa shape index (κ3) is 2.56. The number of nitrogens with zero attached hydrogens (tertiary/aromatic N) is 3. The Morgan fingerprint density at radius 1 is 1.33 bits per heavy atom. The maximum atomic E-state index is 13.2. The van der Waals surface area contributed by atoms with E-state index in [1.54, 1.807) is 4.68 Å². The van der Waals surface area contributed by atoms with E-state index in [9.17, 15) is 9.90 Å². The van der Waals surface area contributed by atoms with Gasteiger partial charge in [-0.15, -0.1) is 0 Å². The van der Waals surface area contributed by atoms with Crippen LogP contribution in [0.2, 0.25) is 0 Å². The lowest BCUT2D eigenvalue weighted by molar-refractivity contribution is -0.0435. The van der Waals surface area contributed by atoms with Crippen molar-refractivity contribution in [3.8, 4) is 0 Å². The first-order valence-electron chi connectivity index (χ1n) is 9.33. The highest BCUT2D eigenvalue weighted by atomic mass is 16.3. The lowest BCUT2D eigenvalue weighted by atomic mass is 9.72. The van der Waals surface area contributed by atoms with Crippen molar-refractivity contribution in [1.29, 1.82) is 0 Å². The van der Waals surface area contributed by atoms with E-state index in [4.69, 9.17) is 0 Å². The number of aliphatic hydroxyl groups is 1. The average molecular weight is 332 g/mol. The predicted octanol–water partition coefficient (Wildman–Crippen LogP) is 0.875. The van der Waals surface area contributed by atoms with Crippen molar-refractivity contribution < 1.29 is 9.90 Å². The van der Waals surface area contributed by atoms with Gasteiger partial charge in [-0.05, 0) is 51.5 Å². The molecule has 1 amide bonds. The Bertz CT molecular complexity index is 637. The van der Waals surface area contributed by atoms with E-state index < -0.39 is 0 Å². The number of amides is 1. The van der Waals surface area contributed by atoms with Gasteiger partial charge >= 0.3 is 0 Å². The zero-order valence-electron chi connectivity index (χ0n) is 14.6. The normalized spacial score (nSPS) is 30.4. The summed E-state index contributed by atoms with van der Waals surface area (Å²) in [4.78, 5) is 15.2. The van der Waals surface area contributed by atoms with Crippen LogP contribution in [0, 0.1) is 5.41 Å². The molecule has 1 spiro atoms. The van der Waals surface area contributed by atoms with Gasteiger partial charge < -0.3 is 15.3 Å². The molecular formula is C18H28N4O2. The Morgan fingerprint density at radius 2 is 2.17 bits per heavy atom. The van der Waals surface area contributed by atoms with Crippen LogP contribution in [-0.4, -0.2) is 58.0 Å². The molecule has 1 aromatic rings. The van der Waals surface area contributed by atoms with Crippen LogP contribution in [-0.2, 0) is 19.9 Å². The maximum Gasteiger partial charge on any atom is 0.272 e. The third-order valence-corrected chi connectivity index (χ3v) is 6.20. The summed E-state index contributed by atoms with van der Waals surface area (Å²) in [5.41, 5.74) is 2.87. The Hall–Kier alpha value is -1.40. The van der Waals surface area contributed by atoms with Gasteiger partial charge in [0.05, 0.1) is 11.8 Å². The fourth-order valence-corrected chi connectivity index (χ4v) is 4.85. The second-order valence-electron chi connectivity index (χ2n) is 7.78. The van der Waals surface area contributed by atoms with Gasteiger partial charge in [0.2, 0.25) is 0 Å². The molecule has 4 rings (SSSR count). The number of aliphatic hydroxyl groups excluding tert-OH is 1. The quantitative estimate of drug-likeness (QED) is 0.801. The molecule has 2 fully saturated rings. The number of nitrogens with one attached hydrogen (secondary N) is 1. The number of rotatable bonds is 1. The smallest absolute Gasteiger partial charge is 0.272 e. The van der Waals surface area contributed by atoms with Crippen molar-refractivity contribution in [3.63, 3.8) is 0 Å². The summed E-state index contributed by atoms with van der Waals surface area (Å²) in [6, 6.07) is 0. The second-order valence-corrected chi connectivity index (χ2v) is 7.78. The minimum absolute atomic E-state index is 0.102. The summed E-state index contributed by atoms with van der Waals surface area (Å²) in [5, 5.41) is 18.6. The topological polar surface area (TPSA) is 70.4 Å². The number of hydrogen-bond donors (Lipinski definition) is 2. The number of piperidine rings is 2. The molecule has 2 atom stereocenters. The van der Waals surface area contributed by atoms with Crippen molar-refractivity contribution in [2.45, 2.75) is 51.0 Å². The lowest BCUT2D eigenvalue weighted by Gasteiger charge is -2.48. The van der Waals surface area contributed by atoms with Crippen molar-refractivity contribution in [2.24, 2.45) is 12.5 Å². The van der Waals surface area contributed by atoms with E-state index in [2.05, 4.69) is 10.4 Å². The molecule has 3 aliphatic rings. The molecule has 132 valence electrons. The largest absolute Gasteiger partial charge is 0.392 e. The van der Waals surface area contributed by atoms with Gasteiger partial charge in [0.15, 0.2) is 0 Å². The van der Waals surface area contributed by atoms with Crippen molar-refractivity contribution in [1.82, 2.24) is 20.0 Å². The molecule has 1 aromatic heterocycles. The monoisotopic (exact) mass is 332 g/mol. The molecule has 6 heteroatoms. The van der Waals surface area contributed by atoms with Gasteiger partial charge in [0.25, 0.3) is 5.91 Å². The fraction of sp³-hybridized carbons (Fsp3) is 0.778. The van der Waals surface area contributed by atoms with Crippen molar-refractivity contribution >= 4 is 5.91 Å². The van der Waals surface area contributed by atoms with Crippen LogP contribution in [0.4, 0.5) is 0 Å². The van der Waals surface area contributed by atoms with E-state index in [-0.39, 0.29) is 17.4 Å². The molecule has 0 saturated carbocycles. The Labute approximate surface area is 143 Å². The van der Waals surface area contributed by atoms with Crippen LogP contribution in [0.5, 0.6) is 0 Å². The van der Waals surface area contributed by atoms with Gasteiger partial charge in [-0.1, -0.05) is 0 Å². The molecule has 3 heterocycles. The Kier molecular flexibility index (Phi) is 4.12. The Morgan fingerprint density at radius 3 is 3.00 bits per heavy atom. The summed E-state index contributed by atoms with van der Waals surface area (Å²) in [7, 11) is 1.89. The first-order valence-corrected chi connectivity index (χ1v) is 9.33. The number of fused-ring (bicyclic) bond motifs is 1. The number of aryl methyl sites for hydroxylation is 2. The minimum atomic E-state index is -0.310. The lowest BCUT2D eigenvalue weighted by Crippen LogP contribution is -2.59. The zero-order valence-corrected chi connectivity index (χ0v) is 14.6. The van der Waals surface area contributed by atoms with Crippen LogP contribution in [0.1, 0.15) is 53.8 Å². The highest BCUT2D eigenvalue weighted by Crippen LogP contribution is 2.37. The summed E-state index contributed by atoms with van der Waals surface area (Å²) >= 11 is 0. The molecule has 2 N–H and O–H groups in total. The van der Waals surface area contributed by atoms with Crippen LogP contribution < -0.4 is 5.32 Å². The molecule has 0 radical (unpaired) electrons. The Balaban J connectivity index is 1.60. The van der Waals surface area contributed by atoms with Gasteiger partial charge in [-0.25, -0.2) is 0 Å². The number of carbonyl (C=O) groups is 1. The fourth-order valence-electron chi connectivity index (χ4n) is 4.85. The number of likely N-dealkylation sites (tertiary alicyclic amines) is 1. The number of carbonyl (C=O) groups excluding carboxylic acids is 1. The SMILES string of the molecule is Cn1nc2c(c1C(=O)N1CCC[C@]3(CNCC[C@@H]3O)C1)CCCC2. The molecule has 0 unspecified atom stereocenters. The van der Waals surface area contributed by atoms with Gasteiger partial charge in [0.1, 0.15) is 5.69 Å². The highest BCUT2D eigenvalue weighted by molar-refractivity contribution is 5.94. The number of hydrogen-bond acceptors (Lipinski definition) is 4. The predicted molar refractivity (Wildman–Crippen MR) is 90.9 cm³/mol. The molecule has 2 aliphatic heterocycles. The maximum absolute atomic E-state index is 13.2. The van der Waals surface area contributed by atoms with Crippen LogP contribution in [0.15, 0.2) is 0 Å². The van der Waals surface area contributed by atoms with Gasteiger partial charge in [-0.3, -0.25) is 9.48 Å². The van der Waals surface area contributed by atoms with E-state index in [0.29, 0.717) is 6.54 Å². The molecule has 1 aliphatic carbocycles. The summed E-state index contributed by atoms with van der Waals surface area (Å²) in [5.74, 6) is 0.102. The average Bonchev–Trinajstić information content (AvgIpc) is 2.93. The first-order chi connectivity index (χ1) is 11.6.